The monoisotopic (exact) mass is 690 g/mol. The maximum atomic E-state index is 10.3. The summed E-state index contributed by atoms with van der Waals surface area (Å²) in [6.45, 7) is 8.13. The van der Waals surface area contributed by atoms with Crippen LogP contribution < -0.4 is 0 Å². The Kier molecular flexibility index (Phi) is 17.0. The summed E-state index contributed by atoms with van der Waals surface area (Å²) in [5.74, 6) is 4.09. The van der Waals surface area contributed by atoms with Gasteiger partial charge < -0.3 is 0 Å². The highest BCUT2D eigenvalue weighted by molar-refractivity contribution is 5.35. The van der Waals surface area contributed by atoms with Gasteiger partial charge in [-0.15, -0.1) is 0 Å². The summed E-state index contributed by atoms with van der Waals surface area (Å²) in [5.41, 5.74) is 0.0561. The predicted molar refractivity (Wildman–Crippen MR) is 187 cm³/mol. The lowest BCUT2D eigenvalue weighted by atomic mass is 9.63. The van der Waals surface area contributed by atoms with E-state index >= 15 is 0 Å². The summed E-state index contributed by atoms with van der Waals surface area (Å²) in [4.78, 5) is 83.6. The van der Waals surface area contributed by atoms with Gasteiger partial charge in [-0.05, 0) is 143 Å². The van der Waals surface area contributed by atoms with Crippen LogP contribution in [0, 0.1) is 46.3 Å². The minimum Gasteiger partial charge on any atom is -0.211 e. The Morgan fingerprint density at radius 1 is 0.520 bits per heavy atom. The Balaban J connectivity index is 0.000000204. The standard InChI is InChI=1S/C15H22N2O2.C12H18N2O2.C11H14N2O2/c18-10-16-14-5-1-12(2-6-14)9-13-3-7-15(8-4-13)17-11-19;1-11(2)4-10(14-9-16)5-12(3,6-11)7-13-8-15;14-6-12-4-10-2-8-1-9(10)3-11(8)5-13-7-15/h12-15H,1-9H2;10H,4-7H2,1-3H3;8-11H,1-5H2. The zero-order chi connectivity index (χ0) is 36.4. The number of carbonyl (C=O) groups excluding carboxylic acids is 6. The zero-order valence-electron chi connectivity index (χ0n) is 30.1. The van der Waals surface area contributed by atoms with Crippen LogP contribution in [-0.2, 0) is 28.8 Å². The van der Waals surface area contributed by atoms with Gasteiger partial charge in [-0.3, -0.25) is 0 Å². The number of aliphatic imine (C=N–C) groups is 6. The smallest absolute Gasteiger partial charge is 0.211 e. The van der Waals surface area contributed by atoms with Gasteiger partial charge >= 0.3 is 0 Å². The number of hydrogen-bond donors (Lipinski definition) is 0. The fraction of sp³-hybridized carbons (Fsp3) is 0.842. The molecule has 0 radical (unpaired) electrons. The largest absolute Gasteiger partial charge is 0.235 e. The van der Waals surface area contributed by atoms with Crippen LogP contribution in [0.1, 0.15) is 117 Å². The fourth-order valence-corrected chi connectivity index (χ4v) is 10.00. The van der Waals surface area contributed by atoms with Gasteiger partial charge in [0.25, 0.3) is 0 Å². The van der Waals surface area contributed by atoms with Gasteiger partial charge in [0.15, 0.2) is 0 Å². The maximum absolute atomic E-state index is 10.3. The van der Waals surface area contributed by atoms with E-state index in [4.69, 9.17) is 0 Å². The summed E-state index contributed by atoms with van der Waals surface area (Å²) in [6.07, 6.45) is 26.2. The first-order valence-corrected chi connectivity index (χ1v) is 18.4. The van der Waals surface area contributed by atoms with E-state index in [1.165, 1.54) is 38.5 Å². The molecule has 5 saturated carbocycles. The quantitative estimate of drug-likeness (QED) is 0.171. The van der Waals surface area contributed by atoms with Crippen molar-refractivity contribution in [2.45, 2.75) is 135 Å². The van der Waals surface area contributed by atoms with Gasteiger partial charge in [0.1, 0.15) is 0 Å². The molecule has 6 unspecified atom stereocenters. The van der Waals surface area contributed by atoms with Crippen LogP contribution in [0.15, 0.2) is 30.0 Å². The van der Waals surface area contributed by atoms with E-state index in [-0.39, 0.29) is 29.0 Å². The molecule has 5 fully saturated rings. The van der Waals surface area contributed by atoms with E-state index in [0.29, 0.717) is 43.3 Å². The molecule has 12 nitrogen and oxygen atoms in total. The molecular formula is C38H54N6O6. The van der Waals surface area contributed by atoms with E-state index in [0.717, 1.165) is 69.6 Å². The lowest BCUT2D eigenvalue weighted by Gasteiger charge is -2.44. The van der Waals surface area contributed by atoms with E-state index in [2.05, 4.69) is 50.7 Å². The number of nitrogens with zero attached hydrogens (tertiary/aromatic N) is 6. The second-order valence-corrected chi connectivity index (χ2v) is 16.5. The third kappa shape index (κ3) is 13.5. The molecule has 0 amide bonds. The topological polar surface area (TPSA) is 177 Å². The molecule has 50 heavy (non-hydrogen) atoms. The van der Waals surface area contributed by atoms with Gasteiger partial charge in [0.05, 0.1) is 37.8 Å². The van der Waals surface area contributed by atoms with Crippen LogP contribution in [0.25, 0.3) is 0 Å². The Hall–Kier alpha value is -3.72. The third-order valence-electron chi connectivity index (χ3n) is 11.9. The highest BCUT2D eigenvalue weighted by Gasteiger charge is 2.45. The van der Waals surface area contributed by atoms with E-state index in [1.54, 1.807) is 36.5 Å². The van der Waals surface area contributed by atoms with Crippen LogP contribution in [0.4, 0.5) is 0 Å². The van der Waals surface area contributed by atoms with Gasteiger partial charge in [0.2, 0.25) is 36.5 Å². The number of fused-ring (bicyclic) bond motifs is 2. The van der Waals surface area contributed by atoms with Crippen molar-refractivity contribution in [3.8, 4) is 0 Å². The van der Waals surface area contributed by atoms with Crippen LogP contribution in [0.2, 0.25) is 0 Å². The van der Waals surface area contributed by atoms with Crippen molar-refractivity contribution in [3.63, 3.8) is 0 Å². The molecule has 5 aliphatic rings. The Morgan fingerprint density at radius 3 is 1.36 bits per heavy atom. The van der Waals surface area contributed by atoms with E-state index in [1.807, 2.05) is 0 Å². The van der Waals surface area contributed by atoms with E-state index in [9.17, 15) is 28.8 Å². The Bertz CT molecular complexity index is 1310. The van der Waals surface area contributed by atoms with Crippen LogP contribution in [0.3, 0.4) is 0 Å². The van der Waals surface area contributed by atoms with Crippen molar-refractivity contribution >= 4 is 36.5 Å². The maximum Gasteiger partial charge on any atom is 0.235 e. The molecule has 0 aromatic heterocycles. The SMILES string of the molecule is CC1(C)CC(N=C=O)CC(C)(CN=C=O)C1.O=C=NC1CCC(CC2CCC(N=C=O)CC2)CC1.O=C=NCC1CC2CC1CC2CN=C=O. The second-order valence-electron chi connectivity index (χ2n) is 16.5. The summed E-state index contributed by atoms with van der Waals surface area (Å²) in [7, 11) is 0. The highest BCUT2D eigenvalue weighted by Crippen LogP contribution is 2.52. The summed E-state index contributed by atoms with van der Waals surface area (Å²) in [5, 5.41) is 0. The molecule has 272 valence electrons. The lowest BCUT2D eigenvalue weighted by molar-refractivity contribution is 0.0915. The molecule has 0 saturated heterocycles. The molecular weight excluding hydrogens is 636 g/mol. The van der Waals surface area contributed by atoms with Crippen molar-refractivity contribution in [1.82, 2.24) is 0 Å². The lowest BCUT2D eigenvalue weighted by Crippen LogP contribution is -2.39. The summed E-state index contributed by atoms with van der Waals surface area (Å²) < 4.78 is 0. The molecule has 2 bridgehead atoms. The van der Waals surface area contributed by atoms with Crippen LogP contribution in [0.5, 0.6) is 0 Å². The highest BCUT2D eigenvalue weighted by atomic mass is 16.1. The predicted octanol–water partition coefficient (Wildman–Crippen LogP) is 6.73. The average molecular weight is 691 g/mol. The molecule has 0 aromatic rings. The molecule has 12 heteroatoms. The molecule has 6 atom stereocenters. The fourth-order valence-electron chi connectivity index (χ4n) is 10.00. The summed E-state index contributed by atoms with van der Waals surface area (Å²) in [6, 6.07) is 0.464. The van der Waals surface area contributed by atoms with Gasteiger partial charge in [-0.25, -0.2) is 58.7 Å². The van der Waals surface area contributed by atoms with Crippen molar-refractivity contribution in [2.75, 3.05) is 19.6 Å². The van der Waals surface area contributed by atoms with Crippen molar-refractivity contribution in [2.24, 2.45) is 76.3 Å². The molecule has 0 spiro atoms. The van der Waals surface area contributed by atoms with Gasteiger partial charge in [-0.1, -0.05) is 20.8 Å². The molecule has 5 aliphatic carbocycles. The van der Waals surface area contributed by atoms with Crippen LogP contribution in [-0.4, -0.2) is 74.2 Å². The second kappa shape index (κ2) is 20.8. The van der Waals surface area contributed by atoms with Gasteiger partial charge in [-0.2, -0.15) is 0 Å². The van der Waals surface area contributed by atoms with E-state index < -0.39 is 0 Å². The molecule has 0 heterocycles. The Morgan fingerprint density at radius 2 is 0.960 bits per heavy atom. The number of rotatable bonds is 11. The average Bonchev–Trinajstić information content (AvgIpc) is 3.68. The summed E-state index contributed by atoms with van der Waals surface area (Å²) >= 11 is 0. The minimum absolute atomic E-state index is 0.00750. The molecule has 0 aromatic carbocycles. The zero-order valence-corrected chi connectivity index (χ0v) is 30.1. The first-order valence-electron chi connectivity index (χ1n) is 18.4. The third-order valence-corrected chi connectivity index (χ3v) is 11.9. The van der Waals surface area contributed by atoms with Gasteiger partial charge in [0, 0.05) is 0 Å². The first kappa shape index (κ1) is 40.7. The number of isocyanates is 6. The van der Waals surface area contributed by atoms with Crippen molar-refractivity contribution in [3.05, 3.63) is 0 Å². The molecule has 0 N–H and O–H groups in total. The Labute approximate surface area is 296 Å². The van der Waals surface area contributed by atoms with Crippen molar-refractivity contribution < 1.29 is 28.8 Å². The molecule has 0 aliphatic heterocycles. The first-order chi connectivity index (χ1) is 24.1. The van der Waals surface area contributed by atoms with Crippen molar-refractivity contribution in [1.29, 1.82) is 0 Å². The van der Waals surface area contributed by atoms with Crippen LogP contribution >= 0.6 is 0 Å². The number of hydrogen-bond acceptors (Lipinski definition) is 12. The minimum atomic E-state index is -0.0653. The normalized spacial score (nSPS) is 34.7. The molecule has 5 rings (SSSR count).